The fourth-order valence-corrected chi connectivity index (χ4v) is 2.36. The number of carbonyl (C=O) groups excluding carboxylic acids is 1. The third-order valence-electron chi connectivity index (χ3n) is 3.45. The van der Waals surface area contributed by atoms with E-state index < -0.39 is 0 Å². The smallest absolute Gasteiger partial charge is 0.220 e. The maximum absolute atomic E-state index is 11.8. The van der Waals surface area contributed by atoms with Gasteiger partial charge in [-0.05, 0) is 43.4 Å². The van der Waals surface area contributed by atoms with E-state index in [1.165, 1.54) is 19.3 Å². The molecule has 2 rings (SSSR count). The van der Waals surface area contributed by atoms with E-state index in [2.05, 4.69) is 21.2 Å². The molecule has 3 heteroatoms. The highest BCUT2D eigenvalue weighted by Crippen LogP contribution is 2.29. The minimum absolute atomic E-state index is 0.0932. The molecule has 1 saturated carbocycles. The first-order chi connectivity index (χ1) is 8.15. The largest absolute Gasteiger partial charge is 0.350 e. The number of halogens is 1. The molecule has 1 aromatic carbocycles. The van der Waals surface area contributed by atoms with Crippen molar-refractivity contribution in [2.24, 2.45) is 5.92 Å². The SMILES string of the molecule is CC(NC(=O)CC1CCC1)c1ccc(Br)cc1. The van der Waals surface area contributed by atoms with Crippen LogP contribution < -0.4 is 5.32 Å². The molecular formula is C14H18BrNO. The molecule has 0 aliphatic heterocycles. The van der Waals surface area contributed by atoms with Crippen LogP contribution in [0.3, 0.4) is 0 Å². The van der Waals surface area contributed by atoms with Crippen molar-refractivity contribution in [2.75, 3.05) is 0 Å². The van der Waals surface area contributed by atoms with Gasteiger partial charge >= 0.3 is 0 Å². The third kappa shape index (κ3) is 3.56. The maximum atomic E-state index is 11.8. The molecule has 1 N–H and O–H groups in total. The van der Waals surface area contributed by atoms with Crippen molar-refractivity contribution in [3.8, 4) is 0 Å². The lowest BCUT2D eigenvalue weighted by atomic mass is 9.83. The zero-order chi connectivity index (χ0) is 12.3. The third-order valence-corrected chi connectivity index (χ3v) is 3.97. The zero-order valence-electron chi connectivity index (χ0n) is 10.1. The molecule has 0 heterocycles. The van der Waals surface area contributed by atoms with Crippen molar-refractivity contribution in [2.45, 2.75) is 38.6 Å². The van der Waals surface area contributed by atoms with Gasteiger partial charge in [0.05, 0.1) is 6.04 Å². The number of hydrogen-bond donors (Lipinski definition) is 1. The summed E-state index contributed by atoms with van der Waals surface area (Å²) in [5.74, 6) is 0.817. The average molecular weight is 296 g/mol. The molecule has 1 atom stereocenters. The van der Waals surface area contributed by atoms with Crippen LogP contribution in [0.5, 0.6) is 0 Å². The van der Waals surface area contributed by atoms with Gasteiger partial charge < -0.3 is 5.32 Å². The first kappa shape index (κ1) is 12.6. The van der Waals surface area contributed by atoms with Crippen LogP contribution in [-0.4, -0.2) is 5.91 Å². The van der Waals surface area contributed by atoms with Gasteiger partial charge in [-0.3, -0.25) is 4.79 Å². The van der Waals surface area contributed by atoms with Crippen LogP contribution in [0.1, 0.15) is 44.2 Å². The molecule has 1 amide bonds. The molecular weight excluding hydrogens is 278 g/mol. The van der Waals surface area contributed by atoms with Crippen molar-refractivity contribution in [3.05, 3.63) is 34.3 Å². The Hall–Kier alpha value is -0.830. The average Bonchev–Trinajstić information content (AvgIpc) is 2.24. The first-order valence-corrected chi connectivity index (χ1v) is 6.99. The van der Waals surface area contributed by atoms with E-state index in [0.29, 0.717) is 12.3 Å². The van der Waals surface area contributed by atoms with E-state index in [0.717, 1.165) is 10.0 Å². The fraction of sp³-hybridized carbons (Fsp3) is 0.500. The fourth-order valence-electron chi connectivity index (χ4n) is 2.09. The second-order valence-corrected chi connectivity index (χ2v) is 5.76. The minimum Gasteiger partial charge on any atom is -0.350 e. The highest BCUT2D eigenvalue weighted by molar-refractivity contribution is 9.10. The Morgan fingerprint density at radius 1 is 1.41 bits per heavy atom. The topological polar surface area (TPSA) is 29.1 Å². The Kier molecular flexibility index (Phi) is 4.21. The van der Waals surface area contributed by atoms with Gasteiger partial charge in [0.2, 0.25) is 5.91 Å². The summed E-state index contributed by atoms with van der Waals surface area (Å²) in [6, 6.07) is 8.18. The maximum Gasteiger partial charge on any atom is 0.220 e. The van der Waals surface area contributed by atoms with Gasteiger partial charge in [0.25, 0.3) is 0 Å². The van der Waals surface area contributed by atoms with Crippen LogP contribution in [0.2, 0.25) is 0 Å². The minimum atomic E-state index is 0.0932. The summed E-state index contributed by atoms with van der Waals surface area (Å²) < 4.78 is 1.06. The van der Waals surface area contributed by atoms with Crippen LogP contribution in [0, 0.1) is 5.92 Å². The van der Waals surface area contributed by atoms with Gasteiger partial charge in [-0.25, -0.2) is 0 Å². The Balaban J connectivity index is 1.84. The van der Waals surface area contributed by atoms with Crippen LogP contribution in [0.15, 0.2) is 28.7 Å². The zero-order valence-corrected chi connectivity index (χ0v) is 11.7. The summed E-state index contributed by atoms with van der Waals surface area (Å²) in [6.45, 7) is 2.03. The summed E-state index contributed by atoms with van der Waals surface area (Å²) in [6.07, 6.45) is 4.43. The molecule has 0 spiro atoms. The van der Waals surface area contributed by atoms with E-state index in [4.69, 9.17) is 0 Å². The van der Waals surface area contributed by atoms with Crippen LogP contribution >= 0.6 is 15.9 Å². The van der Waals surface area contributed by atoms with E-state index >= 15 is 0 Å². The Morgan fingerprint density at radius 2 is 2.06 bits per heavy atom. The molecule has 1 aliphatic rings. The van der Waals surface area contributed by atoms with E-state index in [-0.39, 0.29) is 11.9 Å². The Labute approximate surface area is 111 Å². The molecule has 0 bridgehead atoms. The van der Waals surface area contributed by atoms with Gasteiger partial charge in [0.15, 0.2) is 0 Å². The van der Waals surface area contributed by atoms with Crippen LogP contribution in [0.4, 0.5) is 0 Å². The van der Waals surface area contributed by atoms with Gasteiger partial charge in [-0.2, -0.15) is 0 Å². The normalized spacial score (nSPS) is 17.3. The summed E-state index contributed by atoms with van der Waals surface area (Å²) in [7, 11) is 0. The summed E-state index contributed by atoms with van der Waals surface area (Å²) in [5, 5.41) is 3.06. The monoisotopic (exact) mass is 295 g/mol. The van der Waals surface area contributed by atoms with Crippen LogP contribution in [0.25, 0.3) is 0 Å². The number of benzene rings is 1. The number of carbonyl (C=O) groups is 1. The van der Waals surface area contributed by atoms with E-state index in [1.54, 1.807) is 0 Å². The summed E-state index contributed by atoms with van der Waals surface area (Å²) >= 11 is 3.41. The molecule has 17 heavy (non-hydrogen) atoms. The number of amides is 1. The van der Waals surface area contributed by atoms with Crippen molar-refractivity contribution >= 4 is 21.8 Å². The number of nitrogens with one attached hydrogen (secondary N) is 1. The molecule has 0 radical (unpaired) electrons. The Morgan fingerprint density at radius 3 is 2.59 bits per heavy atom. The van der Waals surface area contributed by atoms with Gasteiger partial charge in [-0.1, -0.05) is 34.5 Å². The highest BCUT2D eigenvalue weighted by Gasteiger charge is 2.21. The summed E-state index contributed by atoms with van der Waals surface area (Å²) in [5.41, 5.74) is 1.15. The second-order valence-electron chi connectivity index (χ2n) is 4.84. The first-order valence-electron chi connectivity index (χ1n) is 6.20. The van der Waals surface area contributed by atoms with Crippen LogP contribution in [-0.2, 0) is 4.79 Å². The van der Waals surface area contributed by atoms with Gasteiger partial charge in [0.1, 0.15) is 0 Å². The number of rotatable bonds is 4. The molecule has 0 aromatic heterocycles. The second kappa shape index (κ2) is 5.67. The molecule has 1 fully saturated rings. The van der Waals surface area contributed by atoms with Crippen molar-refractivity contribution in [3.63, 3.8) is 0 Å². The van der Waals surface area contributed by atoms with Crippen molar-refractivity contribution in [1.29, 1.82) is 0 Å². The van der Waals surface area contributed by atoms with E-state index in [9.17, 15) is 4.79 Å². The molecule has 1 aliphatic carbocycles. The van der Waals surface area contributed by atoms with Gasteiger partial charge in [0, 0.05) is 10.9 Å². The predicted octanol–water partition coefficient (Wildman–Crippen LogP) is 3.82. The summed E-state index contributed by atoms with van der Waals surface area (Å²) in [4.78, 5) is 11.8. The molecule has 1 unspecified atom stereocenters. The van der Waals surface area contributed by atoms with Gasteiger partial charge in [-0.15, -0.1) is 0 Å². The van der Waals surface area contributed by atoms with Crippen molar-refractivity contribution in [1.82, 2.24) is 5.32 Å². The standard InChI is InChI=1S/C14H18BrNO/c1-10(12-5-7-13(15)8-6-12)16-14(17)9-11-3-2-4-11/h5-8,10-11H,2-4,9H2,1H3,(H,16,17). The predicted molar refractivity (Wildman–Crippen MR) is 72.7 cm³/mol. The molecule has 2 nitrogen and oxygen atoms in total. The van der Waals surface area contributed by atoms with E-state index in [1.807, 2.05) is 31.2 Å². The highest BCUT2D eigenvalue weighted by atomic mass is 79.9. The number of hydrogen-bond acceptors (Lipinski definition) is 1. The molecule has 1 aromatic rings. The lowest BCUT2D eigenvalue weighted by molar-refractivity contribution is -0.123. The molecule has 0 saturated heterocycles. The lowest BCUT2D eigenvalue weighted by Gasteiger charge is -2.25. The quantitative estimate of drug-likeness (QED) is 0.899. The lowest BCUT2D eigenvalue weighted by Crippen LogP contribution is -2.29. The van der Waals surface area contributed by atoms with Crippen molar-refractivity contribution < 1.29 is 4.79 Å². The Bertz CT molecular complexity index is 384. The molecule has 92 valence electrons.